The summed E-state index contributed by atoms with van der Waals surface area (Å²) in [6.07, 6.45) is 3.69. The van der Waals surface area contributed by atoms with Crippen molar-refractivity contribution in [2.75, 3.05) is 19.5 Å². The van der Waals surface area contributed by atoms with Crippen LogP contribution >= 0.6 is 11.6 Å². The van der Waals surface area contributed by atoms with Crippen LogP contribution in [-0.2, 0) is 5.79 Å². The molecule has 1 aliphatic rings. The van der Waals surface area contributed by atoms with Crippen LogP contribution in [-0.4, -0.2) is 34.7 Å². The van der Waals surface area contributed by atoms with Crippen molar-refractivity contribution < 1.29 is 4.74 Å². The maximum atomic E-state index is 6.54. The number of guanidine groups is 1. The number of rotatable bonds is 4. The van der Waals surface area contributed by atoms with Crippen molar-refractivity contribution in [1.82, 2.24) is 20.0 Å². The number of methoxy groups -OCH3 is 1. The molecule has 9 heteroatoms. The fourth-order valence-corrected chi connectivity index (χ4v) is 3.50. The van der Waals surface area contributed by atoms with E-state index in [2.05, 4.69) is 20.7 Å². The Kier molecular flexibility index (Phi) is 4.91. The van der Waals surface area contributed by atoms with Gasteiger partial charge < -0.3 is 14.6 Å². The zero-order valence-electron chi connectivity index (χ0n) is 16.3. The van der Waals surface area contributed by atoms with E-state index in [1.54, 1.807) is 24.5 Å². The molecule has 1 atom stereocenters. The lowest BCUT2D eigenvalue weighted by molar-refractivity contribution is 0.127. The molecule has 0 radical (unpaired) electrons. The zero-order chi connectivity index (χ0) is 20.6. The smallest absolute Gasteiger partial charge is 0.214 e. The Labute approximate surface area is 173 Å². The van der Waals surface area contributed by atoms with Crippen LogP contribution in [0.15, 0.2) is 60.0 Å². The molecule has 2 aromatic carbocycles. The van der Waals surface area contributed by atoms with Gasteiger partial charge in [-0.1, -0.05) is 29.8 Å². The highest BCUT2D eigenvalue weighted by Crippen LogP contribution is 2.32. The van der Waals surface area contributed by atoms with Crippen LogP contribution < -0.4 is 21.2 Å². The average molecular weight is 412 g/mol. The third-order valence-electron chi connectivity index (χ3n) is 4.77. The Morgan fingerprint density at radius 1 is 1.24 bits per heavy atom. The summed E-state index contributed by atoms with van der Waals surface area (Å²) in [5.41, 5.74) is 13.0. The van der Waals surface area contributed by atoms with Crippen LogP contribution in [0.4, 0.5) is 5.69 Å². The molecule has 8 nitrogen and oxygen atoms in total. The van der Waals surface area contributed by atoms with Gasteiger partial charge >= 0.3 is 0 Å². The lowest BCUT2D eigenvalue weighted by Gasteiger charge is -2.29. The van der Waals surface area contributed by atoms with Crippen LogP contribution in [0.25, 0.3) is 5.69 Å². The normalized spacial score (nSPS) is 19.0. The fourth-order valence-electron chi connectivity index (χ4n) is 3.23. The maximum absolute atomic E-state index is 6.54. The molecule has 1 unspecified atom stereocenters. The minimum atomic E-state index is -1.13. The summed E-state index contributed by atoms with van der Waals surface area (Å²) < 4.78 is 7.48. The maximum Gasteiger partial charge on any atom is 0.214 e. The van der Waals surface area contributed by atoms with Crippen molar-refractivity contribution in [3.63, 3.8) is 0 Å². The zero-order valence-corrected chi connectivity index (χ0v) is 17.1. The van der Waals surface area contributed by atoms with Crippen LogP contribution in [0.3, 0.4) is 0 Å². The molecular weight excluding hydrogens is 390 g/mol. The lowest BCUT2D eigenvalue weighted by Crippen LogP contribution is -2.51. The number of hydrazine groups is 1. The van der Waals surface area contributed by atoms with Crippen molar-refractivity contribution in [2.24, 2.45) is 10.7 Å². The third-order valence-corrected chi connectivity index (χ3v) is 5.10. The molecule has 4 rings (SSSR count). The van der Waals surface area contributed by atoms with Crippen molar-refractivity contribution in [2.45, 2.75) is 12.7 Å². The van der Waals surface area contributed by atoms with Crippen LogP contribution in [0.1, 0.15) is 11.3 Å². The first kappa shape index (κ1) is 19.3. The van der Waals surface area contributed by atoms with Gasteiger partial charge in [-0.3, -0.25) is 11.2 Å². The van der Waals surface area contributed by atoms with E-state index in [0.717, 1.165) is 17.1 Å². The second kappa shape index (κ2) is 7.40. The standard InChI is InChI=1S/C20H22ClN7O/c1-13-11-28(12-23-13)17-9-8-14(10-18(17)29-3)24-19-25-20(22,27(2)26-19)15-6-4-5-7-16(15)21/h4-12H,22H2,1-3H3,(H2,24,25,26). The number of nitrogens with one attached hydrogen (secondary N) is 2. The van der Waals surface area contributed by atoms with E-state index in [4.69, 9.17) is 22.1 Å². The molecule has 2 heterocycles. The summed E-state index contributed by atoms with van der Waals surface area (Å²) in [7, 11) is 3.44. The number of ether oxygens (including phenoxy) is 1. The van der Waals surface area contributed by atoms with E-state index in [9.17, 15) is 0 Å². The molecule has 0 bridgehead atoms. The Balaban J connectivity index is 1.62. The van der Waals surface area contributed by atoms with E-state index in [1.165, 1.54) is 0 Å². The highest BCUT2D eigenvalue weighted by atomic mass is 35.5. The number of hydrogen-bond donors (Lipinski definition) is 3. The van der Waals surface area contributed by atoms with Gasteiger partial charge in [-0.05, 0) is 25.1 Å². The minimum Gasteiger partial charge on any atom is -0.494 e. The number of anilines is 1. The molecule has 0 spiro atoms. The van der Waals surface area contributed by atoms with E-state index in [1.807, 2.05) is 61.1 Å². The monoisotopic (exact) mass is 411 g/mol. The van der Waals surface area contributed by atoms with Crippen LogP contribution in [0.2, 0.25) is 5.02 Å². The van der Waals surface area contributed by atoms with Gasteiger partial charge in [0.15, 0.2) is 0 Å². The molecule has 0 saturated carbocycles. The van der Waals surface area contributed by atoms with Gasteiger partial charge in [0.2, 0.25) is 11.7 Å². The van der Waals surface area contributed by atoms with Gasteiger partial charge in [0.1, 0.15) is 5.75 Å². The number of benzene rings is 2. The Morgan fingerprint density at radius 3 is 2.72 bits per heavy atom. The largest absolute Gasteiger partial charge is 0.494 e. The summed E-state index contributed by atoms with van der Waals surface area (Å²) in [6.45, 7) is 1.94. The summed E-state index contributed by atoms with van der Waals surface area (Å²) in [5, 5.41) is 5.50. The molecule has 4 N–H and O–H groups in total. The number of nitrogens with two attached hydrogens (primary N) is 1. The lowest BCUT2D eigenvalue weighted by atomic mass is 10.1. The molecule has 1 aromatic heterocycles. The molecule has 0 fully saturated rings. The molecule has 29 heavy (non-hydrogen) atoms. The van der Waals surface area contributed by atoms with Gasteiger partial charge in [-0.25, -0.2) is 9.98 Å². The topological polar surface area (TPSA) is 92.7 Å². The Hall–Kier alpha value is -3.07. The second-order valence-corrected chi connectivity index (χ2v) is 7.18. The number of aryl methyl sites for hydroxylation is 1. The van der Waals surface area contributed by atoms with Crippen molar-refractivity contribution in [3.05, 3.63) is 71.3 Å². The van der Waals surface area contributed by atoms with Gasteiger partial charge in [0.05, 0.1) is 24.8 Å². The average Bonchev–Trinajstić information content (AvgIpc) is 3.25. The third kappa shape index (κ3) is 3.53. The van der Waals surface area contributed by atoms with E-state index in [0.29, 0.717) is 22.3 Å². The van der Waals surface area contributed by atoms with Crippen molar-refractivity contribution >= 4 is 23.2 Å². The van der Waals surface area contributed by atoms with E-state index >= 15 is 0 Å². The molecule has 0 saturated heterocycles. The number of aromatic nitrogens is 2. The van der Waals surface area contributed by atoms with Crippen molar-refractivity contribution in [3.8, 4) is 11.4 Å². The number of halogens is 1. The van der Waals surface area contributed by atoms with E-state index < -0.39 is 5.79 Å². The summed E-state index contributed by atoms with van der Waals surface area (Å²) >= 11 is 6.34. The minimum absolute atomic E-state index is 0.503. The first-order valence-corrected chi connectivity index (χ1v) is 9.39. The summed E-state index contributed by atoms with van der Waals surface area (Å²) in [4.78, 5) is 8.89. The summed E-state index contributed by atoms with van der Waals surface area (Å²) in [5.74, 6) is 0.0756. The van der Waals surface area contributed by atoms with Crippen LogP contribution in [0, 0.1) is 6.92 Å². The van der Waals surface area contributed by atoms with Gasteiger partial charge in [-0.15, -0.1) is 0 Å². The molecule has 0 amide bonds. The van der Waals surface area contributed by atoms with Gasteiger partial charge in [-0.2, -0.15) is 5.01 Å². The van der Waals surface area contributed by atoms with Gasteiger partial charge in [0, 0.05) is 35.6 Å². The molecule has 0 aliphatic carbocycles. The fraction of sp³-hybridized carbons (Fsp3) is 0.200. The number of nitrogens with zero attached hydrogens (tertiary/aromatic N) is 4. The number of hydrogen-bond acceptors (Lipinski definition) is 7. The Morgan fingerprint density at radius 2 is 2.03 bits per heavy atom. The molecule has 3 aromatic rings. The predicted octanol–water partition coefficient (Wildman–Crippen LogP) is 2.83. The Bertz CT molecular complexity index is 1080. The quantitative estimate of drug-likeness (QED) is 0.611. The highest BCUT2D eigenvalue weighted by molar-refractivity contribution is 6.31. The predicted molar refractivity (Wildman–Crippen MR) is 114 cm³/mol. The first-order chi connectivity index (χ1) is 13.9. The van der Waals surface area contributed by atoms with Crippen molar-refractivity contribution in [1.29, 1.82) is 0 Å². The highest BCUT2D eigenvalue weighted by Gasteiger charge is 2.39. The van der Waals surface area contributed by atoms with E-state index in [-0.39, 0.29) is 0 Å². The van der Waals surface area contributed by atoms with Crippen LogP contribution in [0.5, 0.6) is 5.75 Å². The molecule has 1 aliphatic heterocycles. The second-order valence-electron chi connectivity index (χ2n) is 6.77. The number of aliphatic imine (C=N–C) groups is 1. The molecule has 150 valence electrons. The first-order valence-electron chi connectivity index (χ1n) is 9.01. The molecular formula is C20H22ClN7O. The van der Waals surface area contributed by atoms with Gasteiger partial charge in [0.25, 0.3) is 0 Å². The summed E-state index contributed by atoms with van der Waals surface area (Å²) in [6, 6.07) is 13.2. The number of imidazole rings is 1. The SMILES string of the molecule is COc1cc(NC2=NC(N)(c3ccccc3Cl)N(C)N2)ccc1-n1cnc(C)c1.